The predicted molar refractivity (Wildman–Crippen MR) is 72.4 cm³/mol. The van der Waals surface area contributed by atoms with E-state index in [1.165, 1.54) is 50.4 Å². The van der Waals surface area contributed by atoms with E-state index < -0.39 is 0 Å². The normalized spacial score (nSPS) is 28.6. The third-order valence-electron chi connectivity index (χ3n) is 4.62. The molecule has 0 amide bonds. The molecule has 0 aliphatic carbocycles. The van der Waals surface area contributed by atoms with Crippen LogP contribution in [0.4, 0.5) is 0 Å². The number of hydrogen-bond donors (Lipinski definition) is 1. The van der Waals surface area contributed by atoms with Crippen LogP contribution in [0.3, 0.4) is 0 Å². The Bertz CT molecular complexity index is 417. The molecular weight excluding hydrogens is 224 g/mol. The zero-order valence-electron chi connectivity index (χ0n) is 11.6. The van der Waals surface area contributed by atoms with E-state index in [1.54, 1.807) is 0 Å². The summed E-state index contributed by atoms with van der Waals surface area (Å²) >= 11 is 0. The molecule has 18 heavy (non-hydrogen) atoms. The van der Waals surface area contributed by atoms with Gasteiger partial charge in [0.25, 0.3) is 0 Å². The van der Waals surface area contributed by atoms with Crippen LogP contribution in [0.25, 0.3) is 0 Å². The molecule has 1 spiro atoms. The largest absolute Gasteiger partial charge is 0.316 e. The van der Waals surface area contributed by atoms with Gasteiger partial charge in [-0.2, -0.15) is 5.10 Å². The van der Waals surface area contributed by atoms with Crippen molar-refractivity contribution >= 4 is 0 Å². The Morgan fingerprint density at radius 2 is 2.33 bits per heavy atom. The summed E-state index contributed by atoms with van der Waals surface area (Å²) in [4.78, 5) is 2.60. The Morgan fingerprint density at radius 1 is 1.44 bits per heavy atom. The molecule has 2 aliphatic rings. The summed E-state index contributed by atoms with van der Waals surface area (Å²) in [6.45, 7) is 8.15. The van der Waals surface area contributed by atoms with E-state index >= 15 is 0 Å². The summed E-state index contributed by atoms with van der Waals surface area (Å²) in [5, 5.41) is 8.06. The predicted octanol–water partition coefficient (Wildman–Crippen LogP) is 1.17. The Kier molecular flexibility index (Phi) is 3.16. The number of nitrogens with zero attached hydrogens (tertiary/aromatic N) is 3. The minimum atomic E-state index is 0.576. The number of nitrogens with one attached hydrogen (secondary N) is 1. The Morgan fingerprint density at radius 3 is 3.00 bits per heavy atom. The lowest BCUT2D eigenvalue weighted by atomic mass is 9.87. The maximum atomic E-state index is 4.54. The quantitative estimate of drug-likeness (QED) is 0.871. The second-order valence-electron chi connectivity index (χ2n) is 5.99. The number of aromatic nitrogens is 2. The summed E-state index contributed by atoms with van der Waals surface area (Å²) in [6, 6.07) is 2.26. The minimum Gasteiger partial charge on any atom is -0.316 e. The van der Waals surface area contributed by atoms with Gasteiger partial charge in [-0.25, -0.2) is 0 Å². The third-order valence-corrected chi connectivity index (χ3v) is 4.62. The highest BCUT2D eigenvalue weighted by Gasteiger charge is 2.40. The molecule has 1 aromatic rings. The Labute approximate surface area is 109 Å². The van der Waals surface area contributed by atoms with E-state index in [0.717, 1.165) is 13.0 Å². The number of hydrogen-bond acceptors (Lipinski definition) is 3. The lowest BCUT2D eigenvalue weighted by Crippen LogP contribution is -2.29. The molecule has 1 aromatic heterocycles. The van der Waals surface area contributed by atoms with E-state index in [2.05, 4.69) is 40.0 Å². The van der Waals surface area contributed by atoms with Crippen LogP contribution in [0.1, 0.15) is 31.2 Å². The standard InChI is InChI=1S/C14H24N4/c1-3-12-8-13(17(2)16-12)9-18-7-5-14(11-18)4-6-15-10-14/h8,15H,3-7,9-11H2,1-2H3. The van der Waals surface area contributed by atoms with Crippen LogP contribution in [-0.4, -0.2) is 40.9 Å². The van der Waals surface area contributed by atoms with Crippen molar-refractivity contribution in [2.75, 3.05) is 26.2 Å². The highest BCUT2D eigenvalue weighted by atomic mass is 15.3. The van der Waals surface area contributed by atoms with Crippen LogP contribution >= 0.6 is 0 Å². The van der Waals surface area contributed by atoms with E-state index in [4.69, 9.17) is 0 Å². The van der Waals surface area contributed by atoms with Gasteiger partial charge in [0.2, 0.25) is 0 Å². The average molecular weight is 248 g/mol. The number of rotatable bonds is 3. The second kappa shape index (κ2) is 4.67. The van der Waals surface area contributed by atoms with Crippen LogP contribution in [0.5, 0.6) is 0 Å². The highest BCUT2D eigenvalue weighted by molar-refractivity contribution is 5.11. The van der Waals surface area contributed by atoms with E-state index in [9.17, 15) is 0 Å². The molecule has 2 fully saturated rings. The van der Waals surface area contributed by atoms with E-state index in [1.807, 2.05) is 0 Å². The van der Waals surface area contributed by atoms with Crippen molar-refractivity contribution in [1.29, 1.82) is 0 Å². The summed E-state index contributed by atoms with van der Waals surface area (Å²) in [5.74, 6) is 0. The molecule has 3 rings (SSSR count). The molecule has 0 aromatic carbocycles. The minimum absolute atomic E-state index is 0.576. The van der Waals surface area contributed by atoms with Gasteiger partial charge < -0.3 is 5.32 Å². The fourth-order valence-corrected chi connectivity index (χ4v) is 3.43. The SMILES string of the molecule is CCc1cc(CN2CCC3(CCNC3)C2)n(C)n1. The maximum absolute atomic E-state index is 4.54. The molecule has 4 nitrogen and oxygen atoms in total. The van der Waals surface area contributed by atoms with Crippen LogP contribution in [0.2, 0.25) is 0 Å². The first-order valence-electron chi connectivity index (χ1n) is 7.16. The van der Waals surface area contributed by atoms with Gasteiger partial charge in [-0.3, -0.25) is 9.58 Å². The average Bonchev–Trinajstić information content (AvgIpc) is 3.05. The van der Waals surface area contributed by atoms with Crippen molar-refractivity contribution in [3.8, 4) is 0 Å². The van der Waals surface area contributed by atoms with Crippen LogP contribution in [0, 0.1) is 5.41 Å². The molecule has 100 valence electrons. The van der Waals surface area contributed by atoms with Gasteiger partial charge in [0.05, 0.1) is 11.4 Å². The first-order chi connectivity index (χ1) is 8.71. The zero-order chi connectivity index (χ0) is 12.6. The smallest absolute Gasteiger partial charge is 0.0625 e. The number of aryl methyl sites for hydroxylation is 2. The lowest BCUT2D eigenvalue weighted by molar-refractivity contribution is 0.263. The van der Waals surface area contributed by atoms with Crippen molar-refractivity contribution in [2.45, 2.75) is 32.7 Å². The molecule has 1 atom stereocenters. The molecule has 0 saturated carbocycles. The van der Waals surface area contributed by atoms with Gasteiger partial charge >= 0.3 is 0 Å². The van der Waals surface area contributed by atoms with Gasteiger partial charge in [0.1, 0.15) is 0 Å². The molecule has 3 heterocycles. The molecule has 2 saturated heterocycles. The first kappa shape index (κ1) is 12.2. The van der Waals surface area contributed by atoms with Gasteiger partial charge in [0, 0.05) is 26.7 Å². The van der Waals surface area contributed by atoms with Crippen LogP contribution in [-0.2, 0) is 20.0 Å². The van der Waals surface area contributed by atoms with Crippen LogP contribution < -0.4 is 5.32 Å². The van der Waals surface area contributed by atoms with Crippen molar-refractivity contribution in [1.82, 2.24) is 20.0 Å². The second-order valence-corrected chi connectivity index (χ2v) is 5.99. The molecule has 4 heteroatoms. The van der Waals surface area contributed by atoms with Crippen molar-refractivity contribution in [2.24, 2.45) is 12.5 Å². The number of likely N-dealkylation sites (tertiary alicyclic amines) is 1. The van der Waals surface area contributed by atoms with E-state index in [-0.39, 0.29) is 0 Å². The fourth-order valence-electron chi connectivity index (χ4n) is 3.43. The monoisotopic (exact) mass is 248 g/mol. The summed E-state index contributed by atoms with van der Waals surface area (Å²) in [5.41, 5.74) is 3.14. The van der Waals surface area contributed by atoms with Crippen LogP contribution in [0.15, 0.2) is 6.07 Å². The highest BCUT2D eigenvalue weighted by Crippen LogP contribution is 2.36. The summed E-state index contributed by atoms with van der Waals surface area (Å²) in [7, 11) is 2.07. The topological polar surface area (TPSA) is 33.1 Å². The first-order valence-corrected chi connectivity index (χ1v) is 7.16. The van der Waals surface area contributed by atoms with Crippen molar-refractivity contribution in [3.05, 3.63) is 17.5 Å². The van der Waals surface area contributed by atoms with Crippen molar-refractivity contribution in [3.63, 3.8) is 0 Å². The Balaban J connectivity index is 1.65. The maximum Gasteiger partial charge on any atom is 0.0625 e. The molecule has 2 aliphatic heterocycles. The summed E-state index contributed by atoms with van der Waals surface area (Å²) in [6.07, 6.45) is 3.75. The van der Waals surface area contributed by atoms with E-state index in [0.29, 0.717) is 5.41 Å². The molecule has 0 radical (unpaired) electrons. The molecular formula is C14H24N4. The summed E-state index contributed by atoms with van der Waals surface area (Å²) < 4.78 is 2.05. The van der Waals surface area contributed by atoms with Gasteiger partial charge in [0.15, 0.2) is 0 Å². The molecule has 1 unspecified atom stereocenters. The van der Waals surface area contributed by atoms with Crippen molar-refractivity contribution < 1.29 is 0 Å². The third kappa shape index (κ3) is 2.19. The fraction of sp³-hybridized carbons (Fsp3) is 0.786. The Hall–Kier alpha value is -0.870. The van der Waals surface area contributed by atoms with Gasteiger partial charge in [-0.1, -0.05) is 6.92 Å². The van der Waals surface area contributed by atoms with Gasteiger partial charge in [-0.05, 0) is 43.8 Å². The molecule has 1 N–H and O–H groups in total. The molecule has 0 bridgehead atoms. The lowest BCUT2D eigenvalue weighted by Gasteiger charge is -2.22. The zero-order valence-corrected chi connectivity index (χ0v) is 11.6. The van der Waals surface area contributed by atoms with Gasteiger partial charge in [-0.15, -0.1) is 0 Å².